The van der Waals surface area contributed by atoms with E-state index in [2.05, 4.69) is 6.07 Å². The zero-order valence-corrected chi connectivity index (χ0v) is 9.05. The molecule has 1 heterocycles. The Morgan fingerprint density at radius 3 is 2.81 bits per heavy atom. The van der Waals surface area contributed by atoms with E-state index in [-0.39, 0.29) is 12.4 Å². The molecule has 84 valence electrons. The number of rotatable bonds is 3. The molecule has 0 N–H and O–H groups in total. The summed E-state index contributed by atoms with van der Waals surface area (Å²) in [7, 11) is 1.63. The standard InChI is InChI=1S/C12H13NO3/c1-14-10-4-2-9(3-5-10)12-15-8-11(16-12)6-7-13/h2-5,11-12H,6,8H2,1H3. The normalized spacial score (nSPS) is 24.0. The maximum atomic E-state index is 8.55. The first-order valence-corrected chi connectivity index (χ1v) is 5.11. The Bertz CT molecular complexity index is 382. The van der Waals surface area contributed by atoms with Crippen molar-refractivity contribution in [3.05, 3.63) is 29.8 Å². The fourth-order valence-electron chi connectivity index (χ4n) is 1.59. The molecule has 16 heavy (non-hydrogen) atoms. The fraction of sp³-hybridized carbons (Fsp3) is 0.417. The second kappa shape index (κ2) is 4.97. The van der Waals surface area contributed by atoms with Gasteiger partial charge in [0.05, 0.1) is 32.3 Å². The average molecular weight is 219 g/mol. The van der Waals surface area contributed by atoms with E-state index in [1.807, 2.05) is 24.3 Å². The van der Waals surface area contributed by atoms with Gasteiger partial charge in [0.1, 0.15) is 5.75 Å². The van der Waals surface area contributed by atoms with Gasteiger partial charge in [-0.1, -0.05) is 12.1 Å². The molecule has 1 fully saturated rings. The molecule has 1 aromatic rings. The maximum Gasteiger partial charge on any atom is 0.184 e. The number of methoxy groups -OCH3 is 1. The van der Waals surface area contributed by atoms with Crippen molar-refractivity contribution in [3.8, 4) is 11.8 Å². The van der Waals surface area contributed by atoms with Crippen molar-refractivity contribution in [2.75, 3.05) is 13.7 Å². The summed E-state index contributed by atoms with van der Waals surface area (Å²) in [6.45, 7) is 0.476. The summed E-state index contributed by atoms with van der Waals surface area (Å²) in [5.41, 5.74) is 0.946. The van der Waals surface area contributed by atoms with Crippen LogP contribution in [0.3, 0.4) is 0 Å². The van der Waals surface area contributed by atoms with Crippen LogP contribution in [0.4, 0.5) is 0 Å². The predicted molar refractivity (Wildman–Crippen MR) is 56.8 cm³/mol. The van der Waals surface area contributed by atoms with Gasteiger partial charge in [0.25, 0.3) is 0 Å². The van der Waals surface area contributed by atoms with Crippen LogP contribution in [-0.2, 0) is 9.47 Å². The van der Waals surface area contributed by atoms with Gasteiger partial charge >= 0.3 is 0 Å². The Hall–Kier alpha value is -1.57. The molecule has 4 nitrogen and oxygen atoms in total. The molecule has 4 heteroatoms. The largest absolute Gasteiger partial charge is 0.497 e. The Morgan fingerprint density at radius 2 is 2.19 bits per heavy atom. The van der Waals surface area contributed by atoms with Gasteiger partial charge in [-0.2, -0.15) is 5.26 Å². The minimum Gasteiger partial charge on any atom is -0.497 e. The van der Waals surface area contributed by atoms with Gasteiger partial charge in [-0.25, -0.2) is 0 Å². The third-order valence-corrected chi connectivity index (χ3v) is 2.46. The summed E-state index contributed by atoms with van der Waals surface area (Å²) < 4.78 is 16.1. The SMILES string of the molecule is COc1ccc(C2OCC(CC#N)O2)cc1. The third-order valence-electron chi connectivity index (χ3n) is 2.46. The predicted octanol–water partition coefficient (Wildman–Crippen LogP) is 2.02. The topological polar surface area (TPSA) is 51.5 Å². The molecule has 0 saturated carbocycles. The van der Waals surface area contributed by atoms with Gasteiger partial charge in [0.15, 0.2) is 6.29 Å². The van der Waals surface area contributed by atoms with Crippen molar-refractivity contribution in [1.29, 1.82) is 5.26 Å². The van der Waals surface area contributed by atoms with Gasteiger partial charge < -0.3 is 14.2 Å². The highest BCUT2D eigenvalue weighted by Crippen LogP contribution is 2.28. The van der Waals surface area contributed by atoms with E-state index in [9.17, 15) is 0 Å². The van der Waals surface area contributed by atoms with Crippen LogP contribution >= 0.6 is 0 Å². The summed E-state index contributed by atoms with van der Waals surface area (Å²) >= 11 is 0. The summed E-state index contributed by atoms with van der Waals surface area (Å²) in [6, 6.07) is 9.60. The van der Waals surface area contributed by atoms with Crippen molar-refractivity contribution in [1.82, 2.24) is 0 Å². The summed E-state index contributed by atoms with van der Waals surface area (Å²) in [5.74, 6) is 0.801. The molecule has 1 aromatic carbocycles. The van der Waals surface area contributed by atoms with Gasteiger partial charge in [-0.3, -0.25) is 0 Å². The van der Waals surface area contributed by atoms with Crippen LogP contribution in [-0.4, -0.2) is 19.8 Å². The van der Waals surface area contributed by atoms with Crippen LogP contribution in [0, 0.1) is 11.3 Å². The zero-order valence-electron chi connectivity index (χ0n) is 9.05. The van der Waals surface area contributed by atoms with E-state index in [0.29, 0.717) is 13.0 Å². The number of nitriles is 1. The van der Waals surface area contributed by atoms with E-state index in [1.165, 1.54) is 0 Å². The Labute approximate surface area is 94.3 Å². The first kappa shape index (κ1) is 10.9. The molecule has 2 atom stereocenters. The number of nitrogens with zero attached hydrogens (tertiary/aromatic N) is 1. The molecule has 1 aliphatic heterocycles. The first-order chi connectivity index (χ1) is 7.83. The van der Waals surface area contributed by atoms with E-state index in [0.717, 1.165) is 11.3 Å². The lowest BCUT2D eigenvalue weighted by Gasteiger charge is -2.10. The Balaban J connectivity index is 2.00. The Morgan fingerprint density at radius 1 is 1.44 bits per heavy atom. The zero-order chi connectivity index (χ0) is 11.4. The van der Waals surface area contributed by atoms with Gasteiger partial charge in [0, 0.05) is 5.56 Å². The van der Waals surface area contributed by atoms with Gasteiger partial charge in [0.2, 0.25) is 0 Å². The number of benzene rings is 1. The maximum absolute atomic E-state index is 8.55. The van der Waals surface area contributed by atoms with Crippen LogP contribution < -0.4 is 4.74 Å². The Kier molecular flexibility index (Phi) is 3.40. The fourth-order valence-corrected chi connectivity index (χ4v) is 1.59. The first-order valence-electron chi connectivity index (χ1n) is 5.11. The molecule has 0 spiro atoms. The highest BCUT2D eigenvalue weighted by molar-refractivity contribution is 5.28. The van der Waals surface area contributed by atoms with Crippen LogP contribution in [0.2, 0.25) is 0 Å². The number of hydrogen-bond acceptors (Lipinski definition) is 4. The van der Waals surface area contributed by atoms with Crippen LogP contribution in [0.15, 0.2) is 24.3 Å². The lowest BCUT2D eigenvalue weighted by molar-refractivity contribution is -0.0592. The molecule has 0 bridgehead atoms. The summed E-state index contributed by atoms with van der Waals surface area (Å²) in [6.07, 6.45) is -0.103. The van der Waals surface area contributed by atoms with Crippen LogP contribution in [0.1, 0.15) is 18.3 Å². The average Bonchev–Trinajstić information content (AvgIpc) is 2.78. The number of ether oxygens (including phenoxy) is 3. The summed E-state index contributed by atoms with van der Waals surface area (Å²) in [5, 5.41) is 8.55. The second-order valence-electron chi connectivity index (χ2n) is 3.56. The lowest BCUT2D eigenvalue weighted by atomic mass is 10.2. The molecule has 2 unspecified atom stereocenters. The van der Waals surface area contributed by atoms with Crippen molar-refractivity contribution >= 4 is 0 Å². The van der Waals surface area contributed by atoms with E-state index >= 15 is 0 Å². The molecule has 1 aliphatic rings. The smallest absolute Gasteiger partial charge is 0.184 e. The molecule has 0 aliphatic carbocycles. The molecular weight excluding hydrogens is 206 g/mol. The van der Waals surface area contributed by atoms with Gasteiger partial charge in [-0.05, 0) is 12.1 Å². The van der Waals surface area contributed by atoms with E-state index in [4.69, 9.17) is 19.5 Å². The number of hydrogen-bond donors (Lipinski definition) is 0. The van der Waals surface area contributed by atoms with Crippen LogP contribution in [0.25, 0.3) is 0 Å². The van der Waals surface area contributed by atoms with Crippen LogP contribution in [0.5, 0.6) is 5.75 Å². The van der Waals surface area contributed by atoms with E-state index < -0.39 is 0 Å². The minimum absolute atomic E-state index is 0.114. The molecule has 2 rings (SSSR count). The monoisotopic (exact) mass is 219 g/mol. The van der Waals surface area contributed by atoms with E-state index in [1.54, 1.807) is 7.11 Å². The van der Waals surface area contributed by atoms with Crippen molar-refractivity contribution in [2.24, 2.45) is 0 Å². The third kappa shape index (κ3) is 2.32. The molecule has 1 saturated heterocycles. The lowest BCUT2D eigenvalue weighted by Crippen LogP contribution is -2.07. The second-order valence-corrected chi connectivity index (χ2v) is 3.56. The van der Waals surface area contributed by atoms with Crippen molar-refractivity contribution < 1.29 is 14.2 Å². The summed E-state index contributed by atoms with van der Waals surface area (Å²) in [4.78, 5) is 0. The van der Waals surface area contributed by atoms with Crippen molar-refractivity contribution in [2.45, 2.75) is 18.8 Å². The molecular formula is C12H13NO3. The molecule has 0 amide bonds. The van der Waals surface area contributed by atoms with Gasteiger partial charge in [-0.15, -0.1) is 0 Å². The molecule has 0 aromatic heterocycles. The molecule has 0 radical (unpaired) electrons. The quantitative estimate of drug-likeness (QED) is 0.780. The highest BCUT2D eigenvalue weighted by Gasteiger charge is 2.26. The van der Waals surface area contributed by atoms with Crippen molar-refractivity contribution in [3.63, 3.8) is 0 Å². The highest BCUT2D eigenvalue weighted by atomic mass is 16.7. The minimum atomic E-state index is -0.357.